The Morgan fingerprint density at radius 1 is 1.25 bits per heavy atom. The number of hydrogen-bond donors (Lipinski definition) is 1. The van der Waals surface area contributed by atoms with Gasteiger partial charge < -0.3 is 24.3 Å². The van der Waals surface area contributed by atoms with E-state index in [1.807, 2.05) is 6.92 Å². The maximum Gasteiger partial charge on any atom is 0.262 e. The van der Waals surface area contributed by atoms with Gasteiger partial charge in [0.05, 0.1) is 12.8 Å². The number of carbonyl (C=O) groups excluding carboxylic acids is 1. The van der Waals surface area contributed by atoms with E-state index in [9.17, 15) is 4.79 Å². The van der Waals surface area contributed by atoms with Gasteiger partial charge in [-0.05, 0) is 30.7 Å². The van der Waals surface area contributed by atoms with Crippen molar-refractivity contribution in [3.8, 4) is 23.0 Å². The third-order valence-corrected chi connectivity index (χ3v) is 3.88. The number of amides is 1. The summed E-state index contributed by atoms with van der Waals surface area (Å²) < 4.78 is 21.2. The van der Waals surface area contributed by atoms with Crippen molar-refractivity contribution < 1.29 is 23.7 Å². The van der Waals surface area contributed by atoms with Crippen molar-refractivity contribution in [1.82, 2.24) is 0 Å². The highest BCUT2D eigenvalue weighted by Crippen LogP contribution is 2.35. The van der Waals surface area contributed by atoms with E-state index < -0.39 is 0 Å². The lowest BCUT2D eigenvalue weighted by Crippen LogP contribution is -2.20. The molecule has 1 heterocycles. The number of anilines is 1. The Balaban J connectivity index is 1.63. The van der Waals surface area contributed by atoms with E-state index in [-0.39, 0.29) is 19.3 Å². The van der Waals surface area contributed by atoms with Crippen molar-refractivity contribution in [1.29, 1.82) is 0 Å². The normalized spacial score (nSPS) is 12.0. The first-order chi connectivity index (χ1) is 11.6. The average molecular weight is 350 g/mol. The molecule has 1 amide bonds. The first-order valence-electron chi connectivity index (χ1n) is 7.23. The standard InChI is InChI=1S/C17H16ClNO5/c1-10-5-13(15(21-2)7-12(10)18)19-17(20)8-22-11-3-4-14-16(6-11)24-9-23-14/h3-7H,8-9H2,1-2H3,(H,19,20). The number of fused-ring (bicyclic) bond motifs is 1. The fraction of sp³-hybridized carbons (Fsp3) is 0.235. The van der Waals surface area contributed by atoms with Gasteiger partial charge in [-0.3, -0.25) is 4.79 Å². The van der Waals surface area contributed by atoms with E-state index in [2.05, 4.69) is 5.32 Å². The summed E-state index contributed by atoms with van der Waals surface area (Å²) in [6.45, 7) is 1.89. The van der Waals surface area contributed by atoms with Crippen LogP contribution >= 0.6 is 11.6 Å². The lowest BCUT2D eigenvalue weighted by molar-refractivity contribution is -0.118. The average Bonchev–Trinajstić information content (AvgIpc) is 3.03. The third kappa shape index (κ3) is 3.49. The molecule has 1 N–H and O–H groups in total. The first-order valence-corrected chi connectivity index (χ1v) is 7.61. The number of hydrogen-bond acceptors (Lipinski definition) is 5. The molecule has 0 saturated heterocycles. The molecule has 0 aromatic heterocycles. The van der Waals surface area contributed by atoms with Crippen molar-refractivity contribution in [3.63, 3.8) is 0 Å². The second-order valence-electron chi connectivity index (χ2n) is 5.15. The molecule has 0 fully saturated rings. The Hall–Kier alpha value is -2.60. The number of nitrogens with one attached hydrogen (secondary N) is 1. The highest BCUT2D eigenvalue weighted by molar-refractivity contribution is 6.31. The fourth-order valence-corrected chi connectivity index (χ4v) is 2.39. The zero-order valence-electron chi connectivity index (χ0n) is 13.2. The largest absolute Gasteiger partial charge is 0.495 e. The van der Waals surface area contributed by atoms with Gasteiger partial charge in [0.25, 0.3) is 5.91 Å². The minimum Gasteiger partial charge on any atom is -0.495 e. The molecular weight excluding hydrogens is 334 g/mol. The summed E-state index contributed by atoms with van der Waals surface area (Å²) in [4.78, 5) is 12.1. The Kier molecular flexibility index (Phi) is 4.66. The van der Waals surface area contributed by atoms with E-state index in [0.29, 0.717) is 33.7 Å². The number of benzene rings is 2. The van der Waals surface area contributed by atoms with Gasteiger partial charge in [0.2, 0.25) is 6.79 Å². The molecule has 0 saturated carbocycles. The molecule has 2 aromatic carbocycles. The second-order valence-corrected chi connectivity index (χ2v) is 5.56. The highest BCUT2D eigenvalue weighted by atomic mass is 35.5. The van der Waals surface area contributed by atoms with Gasteiger partial charge in [0.1, 0.15) is 11.5 Å². The van der Waals surface area contributed by atoms with E-state index in [1.54, 1.807) is 30.3 Å². The molecule has 24 heavy (non-hydrogen) atoms. The van der Waals surface area contributed by atoms with Crippen molar-refractivity contribution >= 4 is 23.2 Å². The van der Waals surface area contributed by atoms with Gasteiger partial charge in [-0.2, -0.15) is 0 Å². The molecule has 2 aromatic rings. The first kappa shape index (κ1) is 16.3. The SMILES string of the molecule is COc1cc(Cl)c(C)cc1NC(=O)COc1ccc2c(c1)OCO2. The number of carbonyl (C=O) groups is 1. The molecule has 0 bridgehead atoms. The molecule has 0 radical (unpaired) electrons. The minimum absolute atomic E-state index is 0.148. The van der Waals surface area contributed by atoms with Crippen LogP contribution in [0.2, 0.25) is 5.02 Å². The smallest absolute Gasteiger partial charge is 0.262 e. The van der Waals surface area contributed by atoms with E-state index in [0.717, 1.165) is 5.56 Å². The third-order valence-electron chi connectivity index (χ3n) is 3.47. The monoisotopic (exact) mass is 349 g/mol. The van der Waals surface area contributed by atoms with E-state index in [4.69, 9.17) is 30.5 Å². The van der Waals surface area contributed by atoms with Crippen LogP contribution in [0.4, 0.5) is 5.69 Å². The van der Waals surface area contributed by atoms with Gasteiger partial charge in [-0.15, -0.1) is 0 Å². The maximum atomic E-state index is 12.1. The lowest BCUT2D eigenvalue weighted by Gasteiger charge is -2.13. The van der Waals surface area contributed by atoms with Gasteiger partial charge in [0.15, 0.2) is 18.1 Å². The number of rotatable bonds is 5. The van der Waals surface area contributed by atoms with E-state index in [1.165, 1.54) is 7.11 Å². The van der Waals surface area contributed by atoms with Crippen LogP contribution in [-0.4, -0.2) is 26.4 Å². The van der Waals surface area contributed by atoms with Crippen LogP contribution in [-0.2, 0) is 4.79 Å². The Bertz CT molecular complexity index is 778. The van der Waals surface area contributed by atoms with Crippen molar-refractivity contribution in [2.75, 3.05) is 25.8 Å². The Morgan fingerprint density at radius 2 is 2.04 bits per heavy atom. The topological polar surface area (TPSA) is 66.0 Å². The van der Waals surface area contributed by atoms with Crippen molar-refractivity contribution in [2.45, 2.75) is 6.92 Å². The fourth-order valence-electron chi connectivity index (χ4n) is 2.23. The lowest BCUT2D eigenvalue weighted by atomic mass is 10.2. The summed E-state index contributed by atoms with van der Waals surface area (Å²) in [5.74, 6) is 1.96. The molecule has 7 heteroatoms. The van der Waals surface area contributed by atoms with Gasteiger partial charge in [-0.25, -0.2) is 0 Å². The number of ether oxygens (including phenoxy) is 4. The summed E-state index contributed by atoms with van der Waals surface area (Å²) in [6.07, 6.45) is 0. The van der Waals surface area contributed by atoms with E-state index >= 15 is 0 Å². The van der Waals surface area contributed by atoms with Crippen LogP contribution in [0.15, 0.2) is 30.3 Å². The molecule has 6 nitrogen and oxygen atoms in total. The second kappa shape index (κ2) is 6.88. The van der Waals surface area contributed by atoms with Crippen LogP contribution in [0, 0.1) is 6.92 Å². The number of halogens is 1. The summed E-state index contributed by atoms with van der Waals surface area (Å²) in [5.41, 5.74) is 1.38. The van der Waals surface area contributed by atoms with Gasteiger partial charge in [0, 0.05) is 17.2 Å². The number of methoxy groups -OCH3 is 1. The van der Waals surface area contributed by atoms with Crippen molar-refractivity contribution in [2.24, 2.45) is 0 Å². The molecule has 0 aliphatic carbocycles. The predicted molar refractivity (Wildman–Crippen MR) is 89.4 cm³/mol. The zero-order chi connectivity index (χ0) is 17.1. The molecular formula is C17H16ClNO5. The molecule has 3 rings (SSSR count). The highest BCUT2D eigenvalue weighted by Gasteiger charge is 2.15. The quantitative estimate of drug-likeness (QED) is 0.896. The summed E-state index contributed by atoms with van der Waals surface area (Å²) in [5, 5.41) is 3.32. The molecule has 0 spiro atoms. The van der Waals surface area contributed by atoms with Gasteiger partial charge in [-0.1, -0.05) is 11.6 Å². The van der Waals surface area contributed by atoms with Crippen LogP contribution in [0.3, 0.4) is 0 Å². The molecule has 0 unspecified atom stereocenters. The van der Waals surface area contributed by atoms with Crippen LogP contribution < -0.4 is 24.3 Å². The summed E-state index contributed by atoms with van der Waals surface area (Å²) in [7, 11) is 1.51. The maximum absolute atomic E-state index is 12.1. The zero-order valence-corrected chi connectivity index (χ0v) is 14.0. The van der Waals surface area contributed by atoms with Crippen molar-refractivity contribution in [3.05, 3.63) is 40.9 Å². The minimum atomic E-state index is -0.312. The summed E-state index contributed by atoms with van der Waals surface area (Å²) >= 11 is 6.05. The molecule has 1 aliphatic heterocycles. The number of aryl methyl sites for hydroxylation is 1. The van der Waals surface area contributed by atoms with Gasteiger partial charge >= 0.3 is 0 Å². The molecule has 1 aliphatic rings. The van der Waals surface area contributed by atoms with Crippen LogP contribution in [0.25, 0.3) is 0 Å². The van der Waals surface area contributed by atoms with Crippen LogP contribution in [0.5, 0.6) is 23.0 Å². The summed E-state index contributed by atoms with van der Waals surface area (Å²) in [6, 6.07) is 8.54. The molecule has 0 atom stereocenters. The van der Waals surface area contributed by atoms with Crippen LogP contribution in [0.1, 0.15) is 5.56 Å². The predicted octanol–water partition coefficient (Wildman–Crippen LogP) is 3.40. The molecule has 126 valence electrons. The Labute approximate surface area is 144 Å². The Morgan fingerprint density at radius 3 is 2.83 bits per heavy atom.